The molecule has 1 N–H and O–H groups in total. The molecule has 0 aromatic carbocycles. The minimum atomic E-state index is -3.73. The highest BCUT2D eigenvalue weighted by atomic mass is 32.2. The minimum Gasteiger partial charge on any atom is -0.480 e. The number of hydrogen-bond acceptors (Lipinski definition) is 5. The second kappa shape index (κ2) is 5.74. The van der Waals surface area contributed by atoms with Gasteiger partial charge in [-0.15, -0.1) is 0 Å². The van der Waals surface area contributed by atoms with Gasteiger partial charge in [-0.3, -0.25) is 9.69 Å². The second-order valence-corrected chi connectivity index (χ2v) is 7.23. The lowest BCUT2D eigenvalue weighted by atomic mass is 10.2. The molecule has 0 aliphatic carbocycles. The lowest BCUT2D eigenvalue weighted by Crippen LogP contribution is -2.46. The maximum Gasteiger partial charge on any atom is 0.323 e. The van der Waals surface area contributed by atoms with Crippen LogP contribution in [0, 0.1) is 0 Å². The standard InChI is InChI=1S/C11H20N2O5S/c1-9(11(14)15)19(16,17)13-3-2-10(8-13)12-4-6-18-7-5-12/h9-10H,2-8H2,1H3,(H,14,15). The van der Waals surface area contributed by atoms with Crippen LogP contribution in [0.2, 0.25) is 0 Å². The molecule has 2 aliphatic heterocycles. The number of nitrogens with zero attached hydrogens (tertiary/aromatic N) is 2. The molecule has 8 heteroatoms. The molecule has 2 atom stereocenters. The smallest absolute Gasteiger partial charge is 0.323 e. The molecule has 0 aromatic rings. The van der Waals surface area contributed by atoms with E-state index >= 15 is 0 Å². The van der Waals surface area contributed by atoms with Crippen LogP contribution < -0.4 is 0 Å². The van der Waals surface area contributed by atoms with E-state index in [1.165, 1.54) is 11.2 Å². The van der Waals surface area contributed by atoms with Crippen molar-refractivity contribution >= 4 is 16.0 Å². The third-order valence-corrected chi connectivity index (χ3v) is 5.99. The summed E-state index contributed by atoms with van der Waals surface area (Å²) in [7, 11) is -3.73. The first-order valence-electron chi connectivity index (χ1n) is 6.46. The van der Waals surface area contributed by atoms with Crippen LogP contribution >= 0.6 is 0 Å². The van der Waals surface area contributed by atoms with Gasteiger partial charge in [0.15, 0.2) is 5.25 Å². The van der Waals surface area contributed by atoms with E-state index in [9.17, 15) is 13.2 Å². The van der Waals surface area contributed by atoms with Crippen molar-refractivity contribution in [3.05, 3.63) is 0 Å². The van der Waals surface area contributed by atoms with E-state index in [1.54, 1.807) is 0 Å². The van der Waals surface area contributed by atoms with Crippen molar-refractivity contribution < 1.29 is 23.1 Å². The van der Waals surface area contributed by atoms with Gasteiger partial charge >= 0.3 is 5.97 Å². The second-order valence-electron chi connectivity index (χ2n) is 4.97. The van der Waals surface area contributed by atoms with E-state index < -0.39 is 21.2 Å². The van der Waals surface area contributed by atoms with E-state index in [4.69, 9.17) is 9.84 Å². The van der Waals surface area contributed by atoms with Crippen LogP contribution in [0.4, 0.5) is 0 Å². The summed E-state index contributed by atoms with van der Waals surface area (Å²) in [5, 5.41) is 7.48. The summed E-state index contributed by atoms with van der Waals surface area (Å²) in [6.45, 7) is 4.99. The molecule has 2 rings (SSSR count). The zero-order valence-electron chi connectivity index (χ0n) is 11.0. The quantitative estimate of drug-likeness (QED) is 0.729. The molecule has 0 amide bonds. The predicted molar refractivity (Wildman–Crippen MR) is 68.4 cm³/mol. The first-order chi connectivity index (χ1) is 8.93. The Labute approximate surface area is 113 Å². The number of sulfonamides is 1. The Morgan fingerprint density at radius 1 is 1.32 bits per heavy atom. The average Bonchev–Trinajstić information content (AvgIpc) is 2.89. The molecular weight excluding hydrogens is 272 g/mol. The third-order valence-electron chi connectivity index (χ3n) is 3.84. The molecule has 0 bridgehead atoms. The van der Waals surface area contributed by atoms with Crippen LogP contribution in [0.15, 0.2) is 0 Å². The molecule has 2 saturated heterocycles. The Bertz CT molecular complexity index is 432. The minimum absolute atomic E-state index is 0.180. The molecule has 110 valence electrons. The van der Waals surface area contributed by atoms with Crippen molar-refractivity contribution in [1.82, 2.24) is 9.21 Å². The Kier molecular flexibility index (Phi) is 4.44. The van der Waals surface area contributed by atoms with Gasteiger partial charge in [-0.1, -0.05) is 0 Å². The molecule has 0 radical (unpaired) electrons. The van der Waals surface area contributed by atoms with E-state index in [1.807, 2.05) is 0 Å². The Balaban J connectivity index is 1.99. The van der Waals surface area contributed by atoms with Gasteiger partial charge in [0.1, 0.15) is 0 Å². The van der Waals surface area contributed by atoms with Crippen LogP contribution in [0.1, 0.15) is 13.3 Å². The summed E-state index contributed by atoms with van der Waals surface area (Å²) in [6, 6.07) is 0.180. The molecule has 19 heavy (non-hydrogen) atoms. The van der Waals surface area contributed by atoms with Crippen molar-refractivity contribution in [2.24, 2.45) is 0 Å². The molecule has 2 heterocycles. The SMILES string of the molecule is CC(C(=O)O)S(=O)(=O)N1CCC(N2CCOCC2)C1. The average molecular weight is 292 g/mol. The number of carboxylic acid groups (broad SMARTS) is 1. The summed E-state index contributed by atoms with van der Waals surface area (Å²) in [6.07, 6.45) is 0.756. The van der Waals surface area contributed by atoms with Crippen LogP contribution in [0.3, 0.4) is 0 Å². The maximum absolute atomic E-state index is 12.1. The van der Waals surface area contributed by atoms with Gasteiger partial charge in [-0.05, 0) is 13.3 Å². The fraction of sp³-hybridized carbons (Fsp3) is 0.909. The van der Waals surface area contributed by atoms with Crippen molar-refractivity contribution in [2.75, 3.05) is 39.4 Å². The van der Waals surface area contributed by atoms with Gasteiger partial charge in [0.05, 0.1) is 13.2 Å². The van der Waals surface area contributed by atoms with Gasteiger partial charge in [0, 0.05) is 32.2 Å². The lowest BCUT2D eigenvalue weighted by molar-refractivity contribution is -0.136. The summed E-state index contributed by atoms with van der Waals surface area (Å²) in [5.74, 6) is -1.30. The van der Waals surface area contributed by atoms with E-state index in [0.29, 0.717) is 26.3 Å². The van der Waals surface area contributed by atoms with Gasteiger partial charge in [0.2, 0.25) is 10.0 Å². The fourth-order valence-corrected chi connectivity index (χ4v) is 3.98. The van der Waals surface area contributed by atoms with Gasteiger partial charge < -0.3 is 9.84 Å². The third kappa shape index (κ3) is 3.07. The molecule has 2 fully saturated rings. The maximum atomic E-state index is 12.1. The van der Waals surface area contributed by atoms with Gasteiger partial charge in [0.25, 0.3) is 0 Å². The first kappa shape index (κ1) is 14.7. The topological polar surface area (TPSA) is 87.1 Å². The van der Waals surface area contributed by atoms with Crippen molar-refractivity contribution in [2.45, 2.75) is 24.6 Å². The van der Waals surface area contributed by atoms with Crippen LogP contribution in [-0.2, 0) is 19.6 Å². The van der Waals surface area contributed by atoms with Gasteiger partial charge in [-0.2, -0.15) is 4.31 Å². The summed E-state index contributed by atoms with van der Waals surface area (Å²) in [5.41, 5.74) is 0. The summed E-state index contributed by atoms with van der Waals surface area (Å²) < 4.78 is 30.8. The van der Waals surface area contributed by atoms with E-state index in [2.05, 4.69) is 4.90 Å². The molecule has 0 spiro atoms. The Morgan fingerprint density at radius 3 is 2.53 bits per heavy atom. The molecule has 2 unspecified atom stereocenters. The van der Waals surface area contributed by atoms with E-state index in [-0.39, 0.29) is 6.04 Å². The Hall–Kier alpha value is -0.700. The highest BCUT2D eigenvalue weighted by Crippen LogP contribution is 2.22. The highest BCUT2D eigenvalue weighted by Gasteiger charge is 2.39. The van der Waals surface area contributed by atoms with Crippen LogP contribution in [0.25, 0.3) is 0 Å². The fourth-order valence-electron chi connectivity index (χ4n) is 2.53. The van der Waals surface area contributed by atoms with Crippen molar-refractivity contribution in [3.63, 3.8) is 0 Å². The highest BCUT2D eigenvalue weighted by molar-refractivity contribution is 7.90. The van der Waals surface area contributed by atoms with Crippen LogP contribution in [0.5, 0.6) is 0 Å². The number of rotatable bonds is 4. The molecule has 0 aromatic heterocycles. The number of ether oxygens (including phenoxy) is 1. The molecular formula is C11H20N2O5S. The van der Waals surface area contributed by atoms with Crippen molar-refractivity contribution in [1.29, 1.82) is 0 Å². The molecule has 7 nitrogen and oxygen atoms in total. The van der Waals surface area contributed by atoms with Gasteiger partial charge in [-0.25, -0.2) is 8.42 Å². The van der Waals surface area contributed by atoms with Crippen molar-refractivity contribution in [3.8, 4) is 0 Å². The summed E-state index contributed by atoms with van der Waals surface area (Å²) in [4.78, 5) is 13.1. The predicted octanol–water partition coefficient (Wildman–Crippen LogP) is -0.804. The van der Waals surface area contributed by atoms with E-state index in [0.717, 1.165) is 19.5 Å². The lowest BCUT2D eigenvalue weighted by Gasteiger charge is -2.32. The number of hydrogen-bond donors (Lipinski definition) is 1. The number of carbonyl (C=O) groups is 1. The van der Waals surface area contributed by atoms with Crippen LogP contribution in [-0.4, -0.2) is 79.4 Å². The first-order valence-corrected chi connectivity index (χ1v) is 7.97. The number of morpholine rings is 1. The zero-order valence-corrected chi connectivity index (χ0v) is 11.8. The number of aliphatic carboxylic acids is 1. The normalized spacial score (nSPS) is 28.4. The summed E-state index contributed by atoms with van der Waals surface area (Å²) >= 11 is 0. The Morgan fingerprint density at radius 2 is 1.95 bits per heavy atom. The monoisotopic (exact) mass is 292 g/mol. The molecule has 0 saturated carbocycles. The zero-order chi connectivity index (χ0) is 14.0. The number of carboxylic acids is 1. The largest absolute Gasteiger partial charge is 0.480 e. The molecule has 2 aliphatic rings.